The summed E-state index contributed by atoms with van der Waals surface area (Å²) < 4.78 is 10.7. The third-order valence-corrected chi connectivity index (χ3v) is 5.94. The van der Waals surface area contributed by atoms with Gasteiger partial charge in [-0.2, -0.15) is 0 Å². The summed E-state index contributed by atoms with van der Waals surface area (Å²) in [7, 11) is 1.57. The minimum Gasteiger partial charge on any atom is -0.497 e. The average molecular weight is 437 g/mol. The maximum atomic E-state index is 13.6. The molecule has 2 heterocycles. The Morgan fingerprint density at radius 3 is 2.31 bits per heavy atom. The van der Waals surface area contributed by atoms with Crippen LogP contribution in [0.4, 0.5) is 5.69 Å². The van der Waals surface area contributed by atoms with Gasteiger partial charge in [0.2, 0.25) is 0 Å². The van der Waals surface area contributed by atoms with E-state index in [-0.39, 0.29) is 24.3 Å². The highest BCUT2D eigenvalue weighted by Crippen LogP contribution is 2.37. The number of ether oxygens (including phenoxy) is 2. The number of carbonyl (C=O) groups excluding carboxylic acids is 2. The molecule has 2 aromatic rings. The molecule has 2 amide bonds. The summed E-state index contributed by atoms with van der Waals surface area (Å²) in [6.45, 7) is 3.73. The highest BCUT2D eigenvalue weighted by Gasteiger charge is 2.43. The van der Waals surface area contributed by atoms with Crippen LogP contribution in [0, 0.1) is 5.92 Å². The number of anilines is 1. The number of methoxy groups -OCH3 is 1. The lowest BCUT2D eigenvalue weighted by Crippen LogP contribution is -2.40. The van der Waals surface area contributed by atoms with Crippen molar-refractivity contribution in [3.05, 3.63) is 59.8 Å². The van der Waals surface area contributed by atoms with Crippen LogP contribution in [0.25, 0.3) is 5.57 Å². The highest BCUT2D eigenvalue weighted by atomic mass is 16.5. The monoisotopic (exact) mass is 436 g/mol. The fraction of sp³-hybridized carbons (Fsp3) is 0.360. The van der Waals surface area contributed by atoms with E-state index in [9.17, 15) is 14.7 Å². The first-order chi connectivity index (χ1) is 15.6. The minimum absolute atomic E-state index is 0.0620. The lowest BCUT2D eigenvalue weighted by molar-refractivity contribution is -0.120. The summed E-state index contributed by atoms with van der Waals surface area (Å²) >= 11 is 0. The topological polar surface area (TPSA) is 79.3 Å². The van der Waals surface area contributed by atoms with Gasteiger partial charge in [0.1, 0.15) is 17.2 Å². The second kappa shape index (κ2) is 9.44. The van der Waals surface area contributed by atoms with Gasteiger partial charge >= 0.3 is 0 Å². The second-order valence-electron chi connectivity index (χ2n) is 7.96. The smallest absolute Gasteiger partial charge is 0.282 e. The molecule has 0 spiro atoms. The van der Waals surface area contributed by atoms with Crippen molar-refractivity contribution < 1.29 is 24.2 Å². The fourth-order valence-corrected chi connectivity index (χ4v) is 4.34. The average Bonchev–Trinajstić information content (AvgIpc) is 3.09. The van der Waals surface area contributed by atoms with Crippen molar-refractivity contribution in [1.82, 2.24) is 4.90 Å². The molecule has 2 aliphatic rings. The van der Waals surface area contributed by atoms with E-state index in [1.807, 2.05) is 36.1 Å². The Balaban J connectivity index is 1.76. The van der Waals surface area contributed by atoms with Gasteiger partial charge in [-0.1, -0.05) is 12.1 Å². The number of aliphatic hydroxyl groups is 1. The van der Waals surface area contributed by atoms with Gasteiger partial charge in [-0.25, -0.2) is 4.90 Å². The molecule has 1 N–H and O–H groups in total. The van der Waals surface area contributed by atoms with E-state index in [1.165, 1.54) is 4.90 Å². The van der Waals surface area contributed by atoms with Crippen molar-refractivity contribution in [1.29, 1.82) is 0 Å². The number of aliphatic hydroxyl groups excluding tert-OH is 1. The van der Waals surface area contributed by atoms with Crippen LogP contribution in [-0.2, 0) is 9.59 Å². The molecule has 1 fully saturated rings. The number of likely N-dealkylation sites (tertiary alicyclic amines) is 1. The van der Waals surface area contributed by atoms with Gasteiger partial charge in [0.15, 0.2) is 0 Å². The molecule has 1 unspecified atom stereocenters. The molecule has 4 rings (SSSR count). The molecule has 1 atom stereocenters. The van der Waals surface area contributed by atoms with Gasteiger partial charge in [-0.3, -0.25) is 9.59 Å². The maximum Gasteiger partial charge on any atom is 0.282 e. The van der Waals surface area contributed by atoms with Gasteiger partial charge in [-0.05, 0) is 67.6 Å². The van der Waals surface area contributed by atoms with Crippen LogP contribution >= 0.6 is 0 Å². The Kier molecular flexibility index (Phi) is 6.46. The maximum absolute atomic E-state index is 13.6. The first-order valence-electron chi connectivity index (χ1n) is 10.9. The van der Waals surface area contributed by atoms with Crippen LogP contribution in [0.5, 0.6) is 11.5 Å². The summed E-state index contributed by atoms with van der Waals surface area (Å²) in [4.78, 5) is 30.4. The number of piperidine rings is 1. The van der Waals surface area contributed by atoms with Crippen LogP contribution in [0.15, 0.2) is 54.2 Å². The van der Waals surface area contributed by atoms with Crippen molar-refractivity contribution >= 4 is 23.1 Å². The first kappa shape index (κ1) is 21.9. The molecular formula is C25H28N2O5. The molecule has 0 bridgehead atoms. The van der Waals surface area contributed by atoms with E-state index in [2.05, 4.69) is 0 Å². The van der Waals surface area contributed by atoms with Crippen LogP contribution in [0.2, 0.25) is 0 Å². The second-order valence-corrected chi connectivity index (χ2v) is 7.96. The standard InChI is InChI=1S/C25H28N2O5/c1-3-32-21-10-6-18(7-11-21)22-23(26-14-4-5-17(15-26)16-28)25(30)27(24(22)29)19-8-12-20(31-2)13-9-19/h6-13,17,28H,3-5,14-16H2,1-2H3. The number of amides is 2. The number of benzene rings is 2. The zero-order chi connectivity index (χ0) is 22.7. The number of carbonyl (C=O) groups is 2. The summed E-state index contributed by atoms with van der Waals surface area (Å²) in [5, 5.41) is 9.68. The quantitative estimate of drug-likeness (QED) is 0.672. The predicted octanol–water partition coefficient (Wildman–Crippen LogP) is 3.08. The van der Waals surface area contributed by atoms with Gasteiger partial charge in [0.05, 0.1) is 25.0 Å². The number of hydrogen-bond acceptors (Lipinski definition) is 6. The molecule has 0 aromatic heterocycles. The van der Waals surface area contributed by atoms with Crippen molar-refractivity contribution in [3.8, 4) is 11.5 Å². The van der Waals surface area contributed by atoms with E-state index in [0.29, 0.717) is 53.7 Å². The van der Waals surface area contributed by atoms with E-state index < -0.39 is 0 Å². The van der Waals surface area contributed by atoms with E-state index in [0.717, 1.165) is 12.8 Å². The number of rotatable bonds is 7. The Bertz CT molecular complexity index is 1010. The highest BCUT2D eigenvalue weighted by molar-refractivity contribution is 6.45. The van der Waals surface area contributed by atoms with Crippen LogP contribution in [0.1, 0.15) is 25.3 Å². The predicted molar refractivity (Wildman–Crippen MR) is 121 cm³/mol. The molecule has 0 aliphatic carbocycles. The summed E-state index contributed by atoms with van der Waals surface area (Å²) in [6, 6.07) is 14.1. The van der Waals surface area contributed by atoms with Crippen molar-refractivity contribution in [2.75, 3.05) is 38.3 Å². The fourth-order valence-electron chi connectivity index (χ4n) is 4.34. The molecule has 2 aromatic carbocycles. The summed E-state index contributed by atoms with van der Waals surface area (Å²) in [6.07, 6.45) is 1.76. The molecule has 168 valence electrons. The van der Waals surface area contributed by atoms with Gasteiger partial charge in [-0.15, -0.1) is 0 Å². The van der Waals surface area contributed by atoms with Crippen molar-refractivity contribution in [2.24, 2.45) is 5.92 Å². The lowest BCUT2D eigenvalue weighted by atomic mass is 9.97. The number of hydrogen-bond donors (Lipinski definition) is 1. The van der Waals surface area contributed by atoms with Gasteiger partial charge < -0.3 is 19.5 Å². The van der Waals surface area contributed by atoms with Gasteiger partial charge in [0, 0.05) is 19.7 Å². The summed E-state index contributed by atoms with van der Waals surface area (Å²) in [5.74, 6) is 0.735. The van der Waals surface area contributed by atoms with Crippen molar-refractivity contribution in [2.45, 2.75) is 19.8 Å². The molecule has 7 nitrogen and oxygen atoms in total. The largest absolute Gasteiger partial charge is 0.497 e. The zero-order valence-electron chi connectivity index (χ0n) is 18.4. The summed E-state index contributed by atoms with van der Waals surface area (Å²) in [5.41, 5.74) is 1.94. The Labute approximate surface area is 187 Å². The molecule has 32 heavy (non-hydrogen) atoms. The van der Waals surface area contributed by atoms with Gasteiger partial charge in [0.25, 0.3) is 11.8 Å². The molecule has 2 aliphatic heterocycles. The molecule has 0 saturated carbocycles. The molecule has 0 radical (unpaired) electrons. The molecular weight excluding hydrogens is 408 g/mol. The van der Waals surface area contributed by atoms with Crippen LogP contribution < -0.4 is 14.4 Å². The Morgan fingerprint density at radius 1 is 1.00 bits per heavy atom. The zero-order valence-corrected chi connectivity index (χ0v) is 18.4. The lowest BCUT2D eigenvalue weighted by Gasteiger charge is -2.34. The number of nitrogens with zero attached hydrogens (tertiary/aromatic N) is 2. The molecule has 1 saturated heterocycles. The SMILES string of the molecule is CCOc1ccc(C2=C(N3CCCC(CO)C3)C(=O)N(c3ccc(OC)cc3)C2=O)cc1. The molecule has 7 heteroatoms. The van der Waals surface area contributed by atoms with E-state index in [4.69, 9.17) is 9.47 Å². The third-order valence-electron chi connectivity index (χ3n) is 5.94. The van der Waals surface area contributed by atoms with Crippen molar-refractivity contribution in [3.63, 3.8) is 0 Å². The Morgan fingerprint density at radius 2 is 1.69 bits per heavy atom. The third kappa shape index (κ3) is 4.08. The van der Waals surface area contributed by atoms with Crippen LogP contribution in [-0.4, -0.2) is 55.2 Å². The van der Waals surface area contributed by atoms with Crippen LogP contribution in [0.3, 0.4) is 0 Å². The Hall–Kier alpha value is -3.32. The van der Waals surface area contributed by atoms with E-state index in [1.54, 1.807) is 31.4 Å². The number of imide groups is 1. The normalized spacial score (nSPS) is 19.0. The first-order valence-corrected chi connectivity index (χ1v) is 10.9. The minimum atomic E-state index is -0.356. The van der Waals surface area contributed by atoms with E-state index >= 15 is 0 Å².